The Balaban J connectivity index is 2.40. The molecule has 1 aromatic rings. The van der Waals surface area contributed by atoms with Gasteiger partial charge in [0.25, 0.3) is 0 Å². The van der Waals surface area contributed by atoms with E-state index in [0.717, 1.165) is 19.3 Å². The van der Waals surface area contributed by atoms with Gasteiger partial charge in [-0.25, -0.2) is 0 Å². The van der Waals surface area contributed by atoms with Gasteiger partial charge in [0.15, 0.2) is 0 Å². The number of benzene rings is 1. The molecule has 0 saturated heterocycles. The minimum Gasteiger partial charge on any atom is -0.356 e. The number of rotatable bonds is 6. The van der Waals surface area contributed by atoms with Gasteiger partial charge in [0.1, 0.15) is 0 Å². The van der Waals surface area contributed by atoms with E-state index < -0.39 is 0 Å². The Morgan fingerprint density at radius 1 is 1.40 bits per heavy atom. The number of hydrogen-bond donors (Lipinski definition) is 1. The van der Waals surface area contributed by atoms with E-state index in [1.807, 2.05) is 6.92 Å². The number of hydrogen-bond acceptors (Lipinski definition) is 2. The van der Waals surface area contributed by atoms with Crippen LogP contribution >= 0.6 is 11.8 Å². The van der Waals surface area contributed by atoms with E-state index in [2.05, 4.69) is 35.8 Å². The highest BCUT2D eigenvalue weighted by Gasteiger charge is 2.00. The first kappa shape index (κ1) is 12.1. The summed E-state index contributed by atoms with van der Waals surface area (Å²) in [7, 11) is 0. The maximum atomic E-state index is 10.2. The molecule has 1 unspecified atom stereocenters. The molecule has 0 bridgehead atoms. The Hall–Kier alpha value is -0.960. The first-order valence-corrected chi connectivity index (χ1v) is 6.31. The fourth-order valence-electron chi connectivity index (χ4n) is 1.37. The quantitative estimate of drug-likeness (QED) is 0.593. The normalized spacial score (nSPS) is 12.1. The van der Waals surface area contributed by atoms with Crippen LogP contribution in [0, 0.1) is 0 Å². The van der Waals surface area contributed by atoms with Gasteiger partial charge in [-0.3, -0.25) is 4.79 Å². The predicted octanol–water partition coefficient (Wildman–Crippen LogP) is 2.48. The number of amides is 1. The molecule has 1 amide bonds. The Morgan fingerprint density at radius 3 is 2.60 bits per heavy atom. The van der Waals surface area contributed by atoms with Crippen molar-refractivity contribution in [1.82, 2.24) is 5.32 Å². The fourth-order valence-corrected chi connectivity index (χ4v) is 1.78. The third kappa shape index (κ3) is 4.38. The minimum atomic E-state index is 0.253. The number of carbonyl (C=O) groups is 1. The van der Waals surface area contributed by atoms with Crippen molar-refractivity contribution in [3.8, 4) is 0 Å². The van der Waals surface area contributed by atoms with Gasteiger partial charge < -0.3 is 5.32 Å². The lowest BCUT2D eigenvalue weighted by molar-refractivity contribution is -0.110. The van der Waals surface area contributed by atoms with Crippen LogP contribution in [-0.4, -0.2) is 18.7 Å². The van der Waals surface area contributed by atoms with E-state index in [1.54, 1.807) is 11.8 Å². The van der Waals surface area contributed by atoms with Crippen molar-refractivity contribution in [3.63, 3.8) is 0 Å². The first-order chi connectivity index (χ1) is 7.26. The lowest BCUT2D eigenvalue weighted by Gasteiger charge is -2.09. The highest BCUT2D eigenvalue weighted by Crippen LogP contribution is 2.15. The summed E-state index contributed by atoms with van der Waals surface area (Å²) in [6, 6.07) is 8.83. The van der Waals surface area contributed by atoms with Crippen LogP contribution in [0.1, 0.15) is 18.9 Å². The lowest BCUT2D eigenvalue weighted by Crippen LogP contribution is -2.24. The van der Waals surface area contributed by atoms with Crippen molar-refractivity contribution in [3.05, 3.63) is 29.8 Å². The molecule has 0 saturated carbocycles. The summed E-state index contributed by atoms with van der Waals surface area (Å²) < 4.78 is 0. The van der Waals surface area contributed by atoms with Gasteiger partial charge in [-0.15, -0.1) is 11.8 Å². The minimum absolute atomic E-state index is 0.253. The van der Waals surface area contributed by atoms with Crippen molar-refractivity contribution < 1.29 is 4.79 Å². The molecule has 1 N–H and O–H groups in total. The SMILES string of the molecule is CSc1ccc(CCC(C)NC=O)cc1. The Bertz CT molecular complexity index is 297. The van der Waals surface area contributed by atoms with Gasteiger partial charge in [-0.05, 0) is 43.7 Å². The van der Waals surface area contributed by atoms with Crippen molar-refractivity contribution in [2.45, 2.75) is 30.7 Å². The molecule has 2 nitrogen and oxygen atoms in total. The van der Waals surface area contributed by atoms with Crippen molar-refractivity contribution >= 4 is 18.2 Å². The molecule has 0 aliphatic rings. The lowest BCUT2D eigenvalue weighted by atomic mass is 10.1. The topological polar surface area (TPSA) is 29.1 Å². The summed E-state index contributed by atoms with van der Waals surface area (Å²) in [5.41, 5.74) is 1.33. The van der Waals surface area contributed by atoms with Crippen LogP contribution < -0.4 is 5.32 Å². The zero-order chi connectivity index (χ0) is 11.1. The highest BCUT2D eigenvalue weighted by atomic mass is 32.2. The summed E-state index contributed by atoms with van der Waals surface area (Å²) in [4.78, 5) is 11.5. The first-order valence-electron chi connectivity index (χ1n) is 5.09. The molecule has 3 heteroatoms. The summed E-state index contributed by atoms with van der Waals surface area (Å²) in [6.45, 7) is 2.02. The molecule has 1 atom stereocenters. The summed E-state index contributed by atoms with van der Waals surface area (Å²) in [5, 5.41) is 2.75. The Labute approximate surface area is 95.5 Å². The van der Waals surface area contributed by atoms with Gasteiger partial charge in [0.05, 0.1) is 0 Å². The summed E-state index contributed by atoms with van der Waals surface area (Å²) in [6.07, 6.45) is 4.83. The van der Waals surface area contributed by atoms with Crippen LogP contribution in [0.2, 0.25) is 0 Å². The number of carbonyl (C=O) groups excluding carboxylic acids is 1. The van der Waals surface area contributed by atoms with Crippen molar-refractivity contribution in [1.29, 1.82) is 0 Å². The molecule has 0 spiro atoms. The number of nitrogens with one attached hydrogen (secondary N) is 1. The largest absolute Gasteiger partial charge is 0.356 e. The van der Waals surface area contributed by atoms with Crippen LogP contribution in [0.4, 0.5) is 0 Å². The third-order valence-electron chi connectivity index (χ3n) is 2.38. The van der Waals surface area contributed by atoms with E-state index in [-0.39, 0.29) is 6.04 Å². The molecular formula is C12H17NOS. The molecule has 1 aromatic carbocycles. The third-order valence-corrected chi connectivity index (χ3v) is 3.12. The number of thioether (sulfide) groups is 1. The smallest absolute Gasteiger partial charge is 0.207 e. The molecular weight excluding hydrogens is 206 g/mol. The van der Waals surface area contributed by atoms with Crippen LogP contribution in [0.15, 0.2) is 29.2 Å². The maximum absolute atomic E-state index is 10.2. The zero-order valence-corrected chi connectivity index (χ0v) is 10.0. The second kappa shape index (κ2) is 6.51. The van der Waals surface area contributed by atoms with Crippen LogP contribution in [0.25, 0.3) is 0 Å². The van der Waals surface area contributed by atoms with E-state index >= 15 is 0 Å². The maximum Gasteiger partial charge on any atom is 0.207 e. The standard InChI is InChI=1S/C12H17NOS/c1-10(13-9-14)3-4-11-5-7-12(15-2)8-6-11/h5-10H,3-4H2,1-2H3,(H,13,14). The van der Waals surface area contributed by atoms with Crippen LogP contribution in [0.5, 0.6) is 0 Å². The van der Waals surface area contributed by atoms with Crippen LogP contribution in [-0.2, 0) is 11.2 Å². The van der Waals surface area contributed by atoms with E-state index in [9.17, 15) is 4.79 Å². The second-order valence-electron chi connectivity index (χ2n) is 3.57. The monoisotopic (exact) mass is 223 g/mol. The molecule has 0 radical (unpaired) electrons. The summed E-state index contributed by atoms with van der Waals surface area (Å²) >= 11 is 1.75. The van der Waals surface area contributed by atoms with Crippen molar-refractivity contribution in [2.75, 3.05) is 6.26 Å². The zero-order valence-electron chi connectivity index (χ0n) is 9.19. The molecule has 0 fully saturated rings. The molecule has 0 aromatic heterocycles. The fraction of sp³-hybridized carbons (Fsp3) is 0.417. The second-order valence-corrected chi connectivity index (χ2v) is 4.45. The average molecular weight is 223 g/mol. The predicted molar refractivity (Wildman–Crippen MR) is 65.2 cm³/mol. The van der Waals surface area contributed by atoms with E-state index in [4.69, 9.17) is 0 Å². The Morgan fingerprint density at radius 2 is 2.07 bits per heavy atom. The number of aryl methyl sites for hydroxylation is 1. The molecule has 0 aliphatic heterocycles. The van der Waals surface area contributed by atoms with E-state index in [1.165, 1.54) is 10.5 Å². The summed E-state index contributed by atoms with van der Waals surface area (Å²) in [5.74, 6) is 0. The Kier molecular flexibility index (Phi) is 5.26. The molecule has 0 aliphatic carbocycles. The van der Waals surface area contributed by atoms with Crippen LogP contribution in [0.3, 0.4) is 0 Å². The van der Waals surface area contributed by atoms with Gasteiger partial charge in [0.2, 0.25) is 6.41 Å². The van der Waals surface area contributed by atoms with Gasteiger partial charge in [-0.2, -0.15) is 0 Å². The molecule has 1 rings (SSSR count). The van der Waals surface area contributed by atoms with E-state index in [0.29, 0.717) is 0 Å². The highest BCUT2D eigenvalue weighted by molar-refractivity contribution is 7.98. The van der Waals surface area contributed by atoms with Gasteiger partial charge in [-0.1, -0.05) is 12.1 Å². The van der Waals surface area contributed by atoms with Crippen molar-refractivity contribution in [2.24, 2.45) is 0 Å². The average Bonchev–Trinajstić information content (AvgIpc) is 2.27. The van der Waals surface area contributed by atoms with Gasteiger partial charge in [0, 0.05) is 10.9 Å². The molecule has 0 heterocycles. The molecule has 15 heavy (non-hydrogen) atoms. The van der Waals surface area contributed by atoms with Gasteiger partial charge >= 0.3 is 0 Å². The molecule has 82 valence electrons.